The largest absolute Gasteiger partial charge is 0.336 e. The third-order valence-electron chi connectivity index (χ3n) is 3.75. The Hall–Kier alpha value is -1.62. The number of hydrogen-bond donors (Lipinski definition) is 0. The minimum atomic E-state index is 0.180. The number of aromatic nitrogens is 2. The number of imidazole rings is 1. The van der Waals surface area contributed by atoms with E-state index in [0.29, 0.717) is 13.0 Å². The van der Waals surface area contributed by atoms with Crippen molar-refractivity contribution < 1.29 is 4.79 Å². The molecule has 0 N–H and O–H groups in total. The van der Waals surface area contributed by atoms with E-state index in [-0.39, 0.29) is 5.91 Å². The highest BCUT2D eigenvalue weighted by molar-refractivity contribution is 9.10. The predicted octanol–water partition coefficient (Wildman–Crippen LogP) is 2.31. The SMILES string of the molecule is Cn1c(Br)nc2c1CN(C(=O)Cc1ccccc1)CC2. The van der Waals surface area contributed by atoms with E-state index in [2.05, 4.69) is 20.9 Å². The first kappa shape index (κ1) is 13.4. The predicted molar refractivity (Wildman–Crippen MR) is 80.2 cm³/mol. The van der Waals surface area contributed by atoms with Gasteiger partial charge in [-0.2, -0.15) is 0 Å². The number of amides is 1. The standard InChI is InChI=1S/C15H16BrN3O/c1-18-13-10-19(8-7-12(13)17-15(18)16)14(20)9-11-5-3-2-4-6-11/h2-6H,7-10H2,1H3. The summed E-state index contributed by atoms with van der Waals surface area (Å²) in [4.78, 5) is 18.8. The van der Waals surface area contributed by atoms with E-state index in [1.165, 1.54) is 0 Å². The van der Waals surface area contributed by atoms with Crippen LogP contribution in [-0.2, 0) is 31.2 Å². The molecule has 2 aromatic rings. The van der Waals surface area contributed by atoms with Gasteiger partial charge in [0.15, 0.2) is 4.73 Å². The van der Waals surface area contributed by atoms with Crippen molar-refractivity contribution in [3.05, 3.63) is 52.0 Å². The van der Waals surface area contributed by atoms with Crippen LogP contribution in [0.25, 0.3) is 0 Å². The maximum Gasteiger partial charge on any atom is 0.227 e. The Morgan fingerprint density at radius 3 is 2.85 bits per heavy atom. The van der Waals surface area contributed by atoms with Crippen LogP contribution in [0.15, 0.2) is 35.1 Å². The second-order valence-corrected chi connectivity index (χ2v) is 5.77. The van der Waals surface area contributed by atoms with Gasteiger partial charge in [-0.25, -0.2) is 4.98 Å². The number of carbonyl (C=O) groups excluding carboxylic acids is 1. The van der Waals surface area contributed by atoms with Crippen molar-refractivity contribution in [2.45, 2.75) is 19.4 Å². The molecule has 0 saturated carbocycles. The topological polar surface area (TPSA) is 38.1 Å². The first-order valence-electron chi connectivity index (χ1n) is 6.67. The summed E-state index contributed by atoms with van der Waals surface area (Å²) in [5, 5.41) is 0. The van der Waals surface area contributed by atoms with E-state index < -0.39 is 0 Å². The highest BCUT2D eigenvalue weighted by Gasteiger charge is 2.25. The molecule has 1 amide bonds. The second kappa shape index (κ2) is 5.40. The molecule has 0 atom stereocenters. The minimum absolute atomic E-state index is 0.180. The molecule has 0 unspecified atom stereocenters. The normalized spacial score (nSPS) is 14.2. The highest BCUT2D eigenvalue weighted by Crippen LogP contribution is 2.22. The summed E-state index contributed by atoms with van der Waals surface area (Å²) in [7, 11) is 1.97. The molecule has 1 aromatic heterocycles. The molecule has 20 heavy (non-hydrogen) atoms. The molecule has 1 aliphatic heterocycles. The molecule has 0 radical (unpaired) electrons. The Balaban J connectivity index is 1.73. The van der Waals surface area contributed by atoms with Crippen molar-refractivity contribution in [1.29, 1.82) is 0 Å². The zero-order chi connectivity index (χ0) is 14.1. The molecule has 5 heteroatoms. The molecule has 0 spiro atoms. The average Bonchev–Trinajstić information content (AvgIpc) is 2.75. The van der Waals surface area contributed by atoms with Crippen LogP contribution >= 0.6 is 15.9 Å². The van der Waals surface area contributed by atoms with E-state index >= 15 is 0 Å². The van der Waals surface area contributed by atoms with E-state index in [4.69, 9.17) is 0 Å². The molecular formula is C15H16BrN3O. The molecule has 0 aliphatic carbocycles. The Labute approximate surface area is 126 Å². The molecule has 1 aromatic carbocycles. The Morgan fingerprint density at radius 2 is 2.10 bits per heavy atom. The summed E-state index contributed by atoms with van der Waals surface area (Å²) in [6.07, 6.45) is 1.30. The van der Waals surface area contributed by atoms with Crippen LogP contribution in [0.3, 0.4) is 0 Å². The molecule has 0 saturated heterocycles. The van der Waals surface area contributed by atoms with Gasteiger partial charge < -0.3 is 9.47 Å². The zero-order valence-corrected chi connectivity index (χ0v) is 12.9. The summed E-state index contributed by atoms with van der Waals surface area (Å²) in [5.41, 5.74) is 3.29. The number of halogens is 1. The first-order valence-corrected chi connectivity index (χ1v) is 7.46. The summed E-state index contributed by atoms with van der Waals surface area (Å²) in [5.74, 6) is 0.180. The summed E-state index contributed by atoms with van der Waals surface area (Å²) >= 11 is 3.44. The number of hydrogen-bond acceptors (Lipinski definition) is 2. The smallest absolute Gasteiger partial charge is 0.227 e. The third-order valence-corrected chi connectivity index (χ3v) is 4.46. The van der Waals surface area contributed by atoms with E-state index in [0.717, 1.165) is 34.7 Å². The van der Waals surface area contributed by atoms with Crippen molar-refractivity contribution in [1.82, 2.24) is 14.5 Å². The van der Waals surface area contributed by atoms with Gasteiger partial charge in [0.2, 0.25) is 5.91 Å². The summed E-state index contributed by atoms with van der Waals surface area (Å²) in [6.45, 7) is 1.40. The molecular weight excluding hydrogens is 318 g/mol. The summed E-state index contributed by atoms with van der Waals surface area (Å²) in [6, 6.07) is 9.89. The third kappa shape index (κ3) is 2.50. The fourth-order valence-corrected chi connectivity index (χ4v) is 2.98. The Morgan fingerprint density at radius 1 is 1.35 bits per heavy atom. The van der Waals surface area contributed by atoms with Gasteiger partial charge in [0, 0.05) is 20.0 Å². The van der Waals surface area contributed by atoms with Gasteiger partial charge in [-0.05, 0) is 21.5 Å². The Bertz CT molecular complexity index is 636. The Kier molecular flexibility index (Phi) is 3.61. The van der Waals surface area contributed by atoms with Crippen LogP contribution in [0.2, 0.25) is 0 Å². The molecule has 2 heterocycles. The minimum Gasteiger partial charge on any atom is -0.336 e. The van der Waals surface area contributed by atoms with Gasteiger partial charge in [0.25, 0.3) is 0 Å². The zero-order valence-electron chi connectivity index (χ0n) is 11.3. The second-order valence-electron chi connectivity index (χ2n) is 5.06. The molecule has 104 valence electrons. The number of fused-ring (bicyclic) bond motifs is 1. The van der Waals surface area contributed by atoms with Crippen LogP contribution in [0.4, 0.5) is 0 Å². The van der Waals surface area contributed by atoms with Crippen molar-refractivity contribution in [2.75, 3.05) is 6.54 Å². The van der Waals surface area contributed by atoms with Gasteiger partial charge in [-0.1, -0.05) is 30.3 Å². The summed E-state index contributed by atoms with van der Waals surface area (Å²) < 4.78 is 2.84. The van der Waals surface area contributed by atoms with Crippen LogP contribution in [0.1, 0.15) is 17.0 Å². The fraction of sp³-hybridized carbons (Fsp3) is 0.333. The van der Waals surface area contributed by atoms with E-state index in [1.807, 2.05) is 46.8 Å². The average molecular weight is 334 g/mol. The number of nitrogens with zero attached hydrogens (tertiary/aromatic N) is 3. The van der Waals surface area contributed by atoms with Crippen LogP contribution in [-0.4, -0.2) is 26.9 Å². The molecule has 4 nitrogen and oxygen atoms in total. The van der Waals surface area contributed by atoms with Crippen molar-refractivity contribution in [3.63, 3.8) is 0 Å². The molecule has 1 aliphatic rings. The van der Waals surface area contributed by atoms with Gasteiger partial charge >= 0.3 is 0 Å². The van der Waals surface area contributed by atoms with Gasteiger partial charge in [0.1, 0.15) is 0 Å². The molecule has 0 fully saturated rings. The lowest BCUT2D eigenvalue weighted by Crippen LogP contribution is -2.37. The number of carbonyl (C=O) groups is 1. The number of benzene rings is 1. The lowest BCUT2D eigenvalue weighted by molar-refractivity contribution is -0.131. The lowest BCUT2D eigenvalue weighted by atomic mass is 10.1. The first-order chi connectivity index (χ1) is 9.65. The van der Waals surface area contributed by atoms with Gasteiger partial charge in [-0.3, -0.25) is 4.79 Å². The van der Waals surface area contributed by atoms with Gasteiger partial charge in [-0.15, -0.1) is 0 Å². The molecule has 0 bridgehead atoms. The number of rotatable bonds is 2. The monoisotopic (exact) mass is 333 g/mol. The quantitative estimate of drug-likeness (QED) is 0.845. The maximum atomic E-state index is 12.4. The fourth-order valence-electron chi connectivity index (χ4n) is 2.55. The van der Waals surface area contributed by atoms with Crippen LogP contribution < -0.4 is 0 Å². The van der Waals surface area contributed by atoms with Crippen LogP contribution in [0.5, 0.6) is 0 Å². The van der Waals surface area contributed by atoms with Crippen molar-refractivity contribution >= 4 is 21.8 Å². The van der Waals surface area contributed by atoms with Crippen LogP contribution in [0, 0.1) is 0 Å². The van der Waals surface area contributed by atoms with Crippen molar-refractivity contribution in [2.24, 2.45) is 7.05 Å². The van der Waals surface area contributed by atoms with E-state index in [9.17, 15) is 4.79 Å². The highest BCUT2D eigenvalue weighted by atomic mass is 79.9. The molecule has 3 rings (SSSR count). The lowest BCUT2D eigenvalue weighted by Gasteiger charge is -2.27. The van der Waals surface area contributed by atoms with Crippen molar-refractivity contribution in [3.8, 4) is 0 Å². The van der Waals surface area contributed by atoms with Gasteiger partial charge in [0.05, 0.1) is 24.4 Å². The van der Waals surface area contributed by atoms with E-state index in [1.54, 1.807) is 0 Å². The maximum absolute atomic E-state index is 12.4.